The van der Waals surface area contributed by atoms with E-state index in [1.807, 2.05) is 0 Å². The van der Waals surface area contributed by atoms with Crippen molar-refractivity contribution >= 4 is 0 Å². The van der Waals surface area contributed by atoms with Gasteiger partial charge in [0.2, 0.25) is 0 Å². The Morgan fingerprint density at radius 2 is 0.750 bits per heavy atom. The molecule has 0 saturated heterocycles. The van der Waals surface area contributed by atoms with Gasteiger partial charge in [0.05, 0.1) is 0 Å². The van der Waals surface area contributed by atoms with Gasteiger partial charge in [-0.1, -0.05) is 51.4 Å². The molecule has 24 heavy (non-hydrogen) atoms. The molecule has 148 valence electrons. The third-order valence-electron chi connectivity index (χ3n) is 3.53. The summed E-state index contributed by atoms with van der Waals surface area (Å²) in [5, 5.41) is 12.5. The van der Waals surface area contributed by atoms with Crippen molar-refractivity contribution in [3.8, 4) is 0 Å². The van der Waals surface area contributed by atoms with Gasteiger partial charge in [-0.15, -0.1) is 0 Å². The third kappa shape index (κ3) is 20.4. The first-order valence-corrected chi connectivity index (χ1v) is 7.04. The first kappa shape index (κ1) is 35.4. The van der Waals surface area contributed by atoms with Crippen LogP contribution in [0.25, 0.3) is 22.9 Å². The Morgan fingerprint density at radius 3 is 0.833 bits per heavy atom. The van der Waals surface area contributed by atoms with Gasteiger partial charge < -0.3 is 33.9 Å². The number of nitrogens with zero attached hydrogens (tertiary/aromatic N) is 1. The number of rotatable bonds is 0. The van der Waals surface area contributed by atoms with Crippen LogP contribution >= 0.6 is 0 Å². The zero-order valence-corrected chi connectivity index (χ0v) is 17.8. The number of hydrogen-bond acceptors (Lipinski definition) is 3. The van der Waals surface area contributed by atoms with Gasteiger partial charge in [-0.2, -0.15) is 24.2 Å². The summed E-state index contributed by atoms with van der Waals surface area (Å²) in [4.78, 5) is 8.47. The summed E-state index contributed by atoms with van der Waals surface area (Å²) in [5.41, 5.74) is 29.2. The van der Waals surface area contributed by atoms with Gasteiger partial charge >= 0.3 is 47.2 Å². The average Bonchev–Trinajstić information content (AvgIpc) is 2.37. The summed E-state index contributed by atoms with van der Waals surface area (Å²) in [6.07, 6.45) is 8.49. The SMILES string of the molecule is O=[N+](O)O.[NH-]C1CCCCC1[NH-].[NH-]C1CCCCC1[NH-].[OH-].[OH-].[Pt+4].[Pt+4]. The van der Waals surface area contributed by atoms with Crippen molar-refractivity contribution in [2.75, 3.05) is 0 Å². The van der Waals surface area contributed by atoms with Crippen molar-refractivity contribution in [1.29, 1.82) is 0 Å². The van der Waals surface area contributed by atoms with Crippen LogP contribution in [0.4, 0.5) is 0 Å². The van der Waals surface area contributed by atoms with Crippen molar-refractivity contribution in [2.45, 2.75) is 75.5 Å². The third-order valence-corrected chi connectivity index (χ3v) is 3.53. The molecule has 2 rings (SSSR count). The van der Waals surface area contributed by atoms with Crippen LogP contribution in [0.15, 0.2) is 0 Å². The van der Waals surface area contributed by atoms with E-state index in [1.54, 1.807) is 0 Å². The van der Waals surface area contributed by atoms with E-state index in [1.165, 1.54) is 25.7 Å². The molecule has 0 heterocycles. The van der Waals surface area contributed by atoms with Crippen LogP contribution in [0.1, 0.15) is 51.4 Å². The molecule has 8 N–H and O–H groups in total. The monoisotopic (exact) mass is 712 g/mol. The molecule has 2 fully saturated rings. The van der Waals surface area contributed by atoms with Crippen molar-refractivity contribution < 1.29 is 68.6 Å². The zero-order chi connectivity index (χ0) is 15.5. The van der Waals surface area contributed by atoms with Gasteiger partial charge in [0.25, 0.3) is 0 Å². The summed E-state index contributed by atoms with van der Waals surface area (Å²) >= 11 is 0. The van der Waals surface area contributed by atoms with E-state index >= 15 is 0 Å². The smallest absolute Gasteiger partial charge is 0.870 e. The van der Waals surface area contributed by atoms with E-state index < -0.39 is 5.09 Å². The van der Waals surface area contributed by atoms with Crippen molar-refractivity contribution in [2.24, 2.45) is 0 Å². The maximum absolute atomic E-state index is 8.47. The summed E-state index contributed by atoms with van der Waals surface area (Å²) < 4.78 is 0. The maximum atomic E-state index is 8.47. The predicted molar refractivity (Wildman–Crippen MR) is 80.4 cm³/mol. The normalized spacial score (nSPS) is 27.5. The molecule has 2 saturated carbocycles. The standard InChI is InChI=1S/2C6H12N2.H2NO3.2H2O.2Pt/c2*7-5-3-1-2-4-6(5)8;2-1(3)4;;;;/h2*5-8H,1-4H2;(H2,2,3,4);2*1H2;;/q2*-2;+1;;;2*+4/p-2. The molecule has 0 aromatic carbocycles. The molecule has 4 atom stereocenters. The maximum Gasteiger partial charge on any atom is 4.00 e. The molecule has 0 amide bonds. The van der Waals surface area contributed by atoms with Gasteiger partial charge in [-0.05, 0) is 0 Å². The second-order valence-electron chi connectivity index (χ2n) is 5.25. The fraction of sp³-hybridized carbons (Fsp3) is 1.00. The van der Waals surface area contributed by atoms with Gasteiger partial charge in [-0.25, -0.2) is 10.4 Å². The minimum absolute atomic E-state index is 0. The molecule has 2 aliphatic carbocycles. The van der Waals surface area contributed by atoms with Crippen molar-refractivity contribution in [1.82, 2.24) is 0 Å². The predicted octanol–water partition coefficient (Wildman–Crippen LogP) is 3.99. The first-order valence-electron chi connectivity index (χ1n) is 7.04. The molecule has 0 aliphatic heterocycles. The second kappa shape index (κ2) is 21.4. The fourth-order valence-corrected chi connectivity index (χ4v) is 2.26. The van der Waals surface area contributed by atoms with E-state index in [0.717, 1.165) is 25.7 Å². The molecular formula is C12H28N5O5Pt2+3. The van der Waals surface area contributed by atoms with Crippen molar-refractivity contribution in [3.05, 3.63) is 27.8 Å². The molecular weight excluding hydrogens is 684 g/mol. The summed E-state index contributed by atoms with van der Waals surface area (Å²) in [6.45, 7) is 0. The minimum atomic E-state index is -1.25. The fourth-order valence-electron chi connectivity index (χ4n) is 2.26. The van der Waals surface area contributed by atoms with E-state index in [4.69, 9.17) is 38.3 Å². The molecule has 0 bridgehead atoms. The van der Waals surface area contributed by atoms with Crippen LogP contribution < -0.4 is 0 Å². The van der Waals surface area contributed by atoms with Gasteiger partial charge in [0, 0.05) is 0 Å². The van der Waals surface area contributed by atoms with E-state index in [9.17, 15) is 0 Å². The molecule has 0 aromatic heterocycles. The van der Waals surface area contributed by atoms with Gasteiger partial charge in [-0.3, -0.25) is 0 Å². The second-order valence-corrected chi connectivity index (χ2v) is 5.25. The quantitative estimate of drug-likeness (QED) is 0.355. The van der Waals surface area contributed by atoms with Crippen LogP contribution in [0.5, 0.6) is 0 Å². The number of hydrogen-bond donors (Lipinski definition) is 2. The Hall–Kier alpha value is 0.337. The van der Waals surface area contributed by atoms with E-state index in [0.29, 0.717) is 0 Å². The zero-order valence-electron chi connectivity index (χ0n) is 13.2. The van der Waals surface area contributed by atoms with Gasteiger partial charge in [0.1, 0.15) is 4.91 Å². The number of nitrogens with one attached hydrogen (secondary N) is 4. The van der Waals surface area contributed by atoms with Crippen LogP contribution in [0, 0.1) is 4.91 Å². The summed E-state index contributed by atoms with van der Waals surface area (Å²) in [5.74, 6) is 0. The summed E-state index contributed by atoms with van der Waals surface area (Å²) in [7, 11) is 0. The van der Waals surface area contributed by atoms with Crippen LogP contribution in [0.2, 0.25) is 0 Å². The van der Waals surface area contributed by atoms with E-state index in [-0.39, 0.29) is 77.3 Å². The van der Waals surface area contributed by atoms with E-state index in [2.05, 4.69) is 0 Å². The average molecular weight is 713 g/mol. The Bertz CT molecular complexity index is 238. The molecule has 4 unspecified atom stereocenters. The van der Waals surface area contributed by atoms with Gasteiger partial charge in [0.15, 0.2) is 0 Å². The van der Waals surface area contributed by atoms with Crippen LogP contribution in [-0.2, 0) is 42.1 Å². The molecule has 2 aliphatic rings. The Labute approximate surface area is 171 Å². The Kier molecular flexibility index (Phi) is 31.6. The molecule has 0 radical (unpaired) electrons. The summed E-state index contributed by atoms with van der Waals surface area (Å²) in [6, 6.07) is -0.319. The topological polar surface area (TPSA) is 216 Å². The molecule has 0 spiro atoms. The Balaban J connectivity index is -0.0000000728. The van der Waals surface area contributed by atoms with Crippen molar-refractivity contribution in [3.63, 3.8) is 0 Å². The van der Waals surface area contributed by atoms with Crippen LogP contribution in [0.3, 0.4) is 0 Å². The Morgan fingerprint density at radius 1 is 0.625 bits per heavy atom. The first-order chi connectivity index (χ1) is 9.34. The minimum Gasteiger partial charge on any atom is -0.870 e. The molecule has 10 nitrogen and oxygen atoms in total. The largest absolute Gasteiger partial charge is 4.00 e. The molecule has 12 heteroatoms. The van der Waals surface area contributed by atoms with Crippen LogP contribution in [-0.4, -0.2) is 50.6 Å². The molecule has 0 aromatic rings.